The van der Waals surface area contributed by atoms with Gasteiger partial charge in [-0.1, -0.05) is 16.8 Å². The van der Waals surface area contributed by atoms with Gasteiger partial charge in [-0.05, 0) is 63.4 Å². The molecule has 1 amide bonds. The second-order valence-electron chi connectivity index (χ2n) is 7.02. The van der Waals surface area contributed by atoms with Crippen LogP contribution in [-0.4, -0.2) is 48.7 Å². The van der Waals surface area contributed by atoms with Gasteiger partial charge >= 0.3 is 0 Å². The summed E-state index contributed by atoms with van der Waals surface area (Å²) >= 11 is 5.88. The fourth-order valence-electron chi connectivity index (χ4n) is 3.48. The average molecular weight is 392 g/mol. The van der Waals surface area contributed by atoms with Crippen LogP contribution in [0, 0.1) is 19.8 Å². The summed E-state index contributed by atoms with van der Waals surface area (Å²) < 4.78 is 10.9. The van der Waals surface area contributed by atoms with E-state index in [2.05, 4.69) is 15.4 Å². The fourth-order valence-corrected chi connectivity index (χ4v) is 3.60. The van der Waals surface area contributed by atoms with Crippen LogP contribution in [0.4, 0.5) is 0 Å². The molecule has 2 heterocycles. The predicted molar refractivity (Wildman–Crippen MR) is 104 cm³/mol. The molecule has 1 aliphatic heterocycles. The second kappa shape index (κ2) is 9.24. The number of benzene rings is 1. The van der Waals surface area contributed by atoms with Crippen LogP contribution in [0.1, 0.15) is 34.7 Å². The number of carbonyl (C=O) groups excluding carboxylic acids is 1. The molecule has 0 saturated carbocycles. The van der Waals surface area contributed by atoms with Crippen molar-refractivity contribution >= 4 is 17.5 Å². The highest BCUT2D eigenvalue weighted by atomic mass is 35.5. The SMILES string of the molecule is Cc1noc(C)c1C(=O)NCC1CCCN(CCOc2ccc(Cl)cc2)C1. The summed E-state index contributed by atoms with van der Waals surface area (Å²) in [4.78, 5) is 14.8. The number of nitrogens with one attached hydrogen (secondary N) is 1. The molecular weight excluding hydrogens is 366 g/mol. The molecule has 2 aromatic rings. The Kier molecular flexibility index (Phi) is 6.74. The van der Waals surface area contributed by atoms with Crippen molar-refractivity contribution in [3.8, 4) is 5.75 Å². The van der Waals surface area contributed by atoms with E-state index in [0.717, 1.165) is 38.2 Å². The number of amides is 1. The summed E-state index contributed by atoms with van der Waals surface area (Å²) in [5.74, 6) is 1.74. The molecule has 1 aromatic carbocycles. The van der Waals surface area contributed by atoms with Crippen molar-refractivity contribution in [1.29, 1.82) is 0 Å². The summed E-state index contributed by atoms with van der Waals surface area (Å²) in [7, 11) is 0. The number of rotatable bonds is 7. The molecule has 27 heavy (non-hydrogen) atoms. The Bertz CT molecular complexity index is 741. The molecular formula is C20H26ClN3O3. The molecule has 1 fully saturated rings. The molecule has 1 unspecified atom stereocenters. The molecule has 6 nitrogen and oxygen atoms in total. The number of aryl methyl sites for hydroxylation is 2. The quantitative estimate of drug-likeness (QED) is 0.782. The van der Waals surface area contributed by atoms with Crippen molar-refractivity contribution in [2.24, 2.45) is 5.92 Å². The lowest BCUT2D eigenvalue weighted by atomic mass is 9.98. The third-order valence-corrected chi connectivity index (χ3v) is 5.16. The summed E-state index contributed by atoms with van der Waals surface area (Å²) in [6, 6.07) is 7.42. The van der Waals surface area contributed by atoms with Crippen molar-refractivity contribution in [2.45, 2.75) is 26.7 Å². The molecule has 1 N–H and O–H groups in total. The zero-order valence-corrected chi connectivity index (χ0v) is 16.6. The normalized spacial score (nSPS) is 17.7. The number of aromatic nitrogens is 1. The van der Waals surface area contributed by atoms with Crippen molar-refractivity contribution in [3.63, 3.8) is 0 Å². The van der Waals surface area contributed by atoms with Gasteiger partial charge < -0.3 is 14.6 Å². The summed E-state index contributed by atoms with van der Waals surface area (Å²) in [6.45, 7) is 7.75. The molecule has 1 atom stereocenters. The minimum atomic E-state index is -0.102. The maximum Gasteiger partial charge on any atom is 0.256 e. The van der Waals surface area contributed by atoms with Gasteiger partial charge in [0.05, 0.1) is 5.69 Å². The number of carbonyl (C=O) groups is 1. The van der Waals surface area contributed by atoms with Gasteiger partial charge in [0, 0.05) is 24.7 Å². The first-order valence-corrected chi connectivity index (χ1v) is 9.72. The van der Waals surface area contributed by atoms with Gasteiger partial charge in [0.15, 0.2) is 0 Å². The van der Waals surface area contributed by atoms with Crippen LogP contribution < -0.4 is 10.1 Å². The first-order chi connectivity index (χ1) is 13.0. The molecule has 1 saturated heterocycles. The highest BCUT2D eigenvalue weighted by Crippen LogP contribution is 2.18. The average Bonchev–Trinajstić information content (AvgIpc) is 3.00. The fraction of sp³-hybridized carbons (Fsp3) is 0.500. The van der Waals surface area contributed by atoms with Gasteiger partial charge in [-0.3, -0.25) is 9.69 Å². The van der Waals surface area contributed by atoms with Gasteiger partial charge in [0.2, 0.25) is 0 Å². The summed E-state index contributed by atoms with van der Waals surface area (Å²) in [6.07, 6.45) is 2.25. The van der Waals surface area contributed by atoms with E-state index in [1.54, 1.807) is 13.8 Å². The second-order valence-corrected chi connectivity index (χ2v) is 7.46. The number of hydrogen-bond donors (Lipinski definition) is 1. The largest absolute Gasteiger partial charge is 0.492 e. The molecule has 146 valence electrons. The van der Waals surface area contributed by atoms with Gasteiger partial charge in [-0.2, -0.15) is 0 Å². The molecule has 0 bridgehead atoms. The standard InChI is InChI=1S/C20H26ClN3O3/c1-14-19(15(2)27-23-14)20(25)22-12-16-4-3-9-24(13-16)10-11-26-18-7-5-17(21)6-8-18/h5-8,16H,3-4,9-13H2,1-2H3,(H,22,25). The Morgan fingerprint density at radius 2 is 2.15 bits per heavy atom. The molecule has 0 aliphatic carbocycles. The molecule has 0 spiro atoms. The predicted octanol–water partition coefficient (Wildman–Crippen LogP) is 3.47. The number of likely N-dealkylation sites (tertiary alicyclic amines) is 1. The van der Waals surface area contributed by atoms with Gasteiger partial charge in [-0.25, -0.2) is 0 Å². The Balaban J connectivity index is 1.41. The van der Waals surface area contributed by atoms with Crippen molar-refractivity contribution in [1.82, 2.24) is 15.4 Å². The minimum absolute atomic E-state index is 0.102. The first kappa shape index (κ1) is 19.7. The van der Waals surface area contributed by atoms with Crippen LogP contribution in [0.15, 0.2) is 28.8 Å². The molecule has 7 heteroatoms. The number of halogens is 1. The van der Waals surface area contributed by atoms with Crippen LogP contribution in [0.3, 0.4) is 0 Å². The lowest BCUT2D eigenvalue weighted by molar-refractivity contribution is 0.0925. The zero-order valence-electron chi connectivity index (χ0n) is 15.8. The Morgan fingerprint density at radius 1 is 1.37 bits per heavy atom. The number of nitrogens with zero attached hydrogens (tertiary/aromatic N) is 2. The first-order valence-electron chi connectivity index (χ1n) is 9.34. The highest BCUT2D eigenvalue weighted by molar-refractivity contribution is 6.30. The molecule has 1 aliphatic rings. The highest BCUT2D eigenvalue weighted by Gasteiger charge is 2.22. The van der Waals surface area contributed by atoms with E-state index in [-0.39, 0.29) is 5.91 Å². The monoisotopic (exact) mass is 391 g/mol. The van der Waals surface area contributed by atoms with Crippen molar-refractivity contribution in [3.05, 3.63) is 46.3 Å². The van der Waals surface area contributed by atoms with E-state index in [1.165, 1.54) is 0 Å². The Labute approximate surface area is 164 Å². The van der Waals surface area contributed by atoms with Crippen LogP contribution in [0.25, 0.3) is 0 Å². The van der Waals surface area contributed by atoms with E-state index < -0.39 is 0 Å². The lowest BCUT2D eigenvalue weighted by Crippen LogP contribution is -2.42. The third-order valence-electron chi connectivity index (χ3n) is 4.90. The smallest absolute Gasteiger partial charge is 0.256 e. The van der Waals surface area contributed by atoms with Crippen molar-refractivity contribution < 1.29 is 14.1 Å². The Hall–Kier alpha value is -2.05. The maximum absolute atomic E-state index is 12.4. The van der Waals surface area contributed by atoms with Crippen LogP contribution in [0.2, 0.25) is 5.02 Å². The van der Waals surface area contributed by atoms with Gasteiger partial charge in [0.1, 0.15) is 23.7 Å². The Morgan fingerprint density at radius 3 is 2.85 bits per heavy atom. The molecule has 1 aromatic heterocycles. The number of hydrogen-bond acceptors (Lipinski definition) is 5. The summed E-state index contributed by atoms with van der Waals surface area (Å²) in [5, 5.41) is 7.59. The molecule has 0 radical (unpaired) electrons. The van der Waals surface area contributed by atoms with E-state index in [1.807, 2.05) is 24.3 Å². The van der Waals surface area contributed by atoms with E-state index in [9.17, 15) is 4.79 Å². The molecule has 3 rings (SSSR count). The van der Waals surface area contributed by atoms with Crippen LogP contribution in [-0.2, 0) is 0 Å². The lowest BCUT2D eigenvalue weighted by Gasteiger charge is -2.32. The minimum Gasteiger partial charge on any atom is -0.492 e. The van der Waals surface area contributed by atoms with E-state index in [4.69, 9.17) is 20.9 Å². The van der Waals surface area contributed by atoms with Gasteiger partial charge in [0.25, 0.3) is 5.91 Å². The van der Waals surface area contributed by atoms with Crippen LogP contribution >= 0.6 is 11.6 Å². The van der Waals surface area contributed by atoms with E-state index >= 15 is 0 Å². The van der Waals surface area contributed by atoms with Gasteiger partial charge in [-0.15, -0.1) is 0 Å². The number of piperidine rings is 1. The van der Waals surface area contributed by atoms with Crippen molar-refractivity contribution in [2.75, 3.05) is 32.8 Å². The van der Waals surface area contributed by atoms with Crippen LogP contribution in [0.5, 0.6) is 5.75 Å². The topological polar surface area (TPSA) is 67.6 Å². The maximum atomic E-state index is 12.4. The number of ether oxygens (including phenoxy) is 1. The summed E-state index contributed by atoms with van der Waals surface area (Å²) in [5.41, 5.74) is 1.19. The third kappa shape index (κ3) is 5.47. The van der Waals surface area contributed by atoms with E-state index in [0.29, 0.717) is 41.1 Å². The zero-order chi connectivity index (χ0) is 19.2.